The Morgan fingerprint density at radius 1 is 1.27 bits per heavy atom. The first-order valence-corrected chi connectivity index (χ1v) is 7.60. The zero-order valence-corrected chi connectivity index (χ0v) is 12.4. The zero-order valence-electron chi connectivity index (χ0n) is 12.4. The van der Waals surface area contributed by atoms with Crippen LogP contribution in [0.15, 0.2) is 29.0 Å². The summed E-state index contributed by atoms with van der Waals surface area (Å²) < 4.78 is 13.2. The van der Waals surface area contributed by atoms with Gasteiger partial charge in [0.05, 0.1) is 6.20 Å². The minimum Gasteiger partial charge on any atom is -0.365 e. The van der Waals surface area contributed by atoms with E-state index in [-0.39, 0.29) is 0 Å². The zero-order chi connectivity index (χ0) is 15.0. The summed E-state index contributed by atoms with van der Waals surface area (Å²) >= 11 is 0. The lowest BCUT2D eigenvalue weighted by Crippen LogP contribution is -2.26. The Balaban J connectivity index is 1.76. The van der Waals surface area contributed by atoms with Crippen molar-refractivity contribution in [3.05, 3.63) is 30.4 Å². The Morgan fingerprint density at radius 3 is 2.95 bits per heavy atom. The van der Waals surface area contributed by atoms with Gasteiger partial charge in [0.2, 0.25) is 5.82 Å². The fourth-order valence-corrected chi connectivity index (χ4v) is 3.16. The van der Waals surface area contributed by atoms with Crippen LogP contribution in [0.3, 0.4) is 0 Å². The molecule has 1 saturated carbocycles. The molecular weight excluding hydrogens is 282 g/mol. The monoisotopic (exact) mass is 299 g/mol. The highest BCUT2D eigenvalue weighted by molar-refractivity contribution is 5.54. The number of aromatic nitrogens is 5. The minimum atomic E-state index is -0.420. The molecular formula is C15H17N5O2. The summed E-state index contributed by atoms with van der Waals surface area (Å²) in [5.41, 5.74) is 1.09. The standard InChI is InChI=1S/C15H17N5O2/c1-2-21-15(7-3-4-8-15)14-18-13(19-22-14)11-5-9-16-12-6-10-17-20(11)12/h5-6,9-10H,2-4,7-8H2,1H3. The van der Waals surface area contributed by atoms with Crippen LogP contribution in [-0.4, -0.2) is 31.3 Å². The van der Waals surface area contributed by atoms with Crippen molar-refractivity contribution in [1.82, 2.24) is 24.7 Å². The number of fused-ring (bicyclic) bond motifs is 1. The molecule has 0 atom stereocenters. The van der Waals surface area contributed by atoms with Gasteiger partial charge in [0.25, 0.3) is 5.89 Å². The summed E-state index contributed by atoms with van der Waals surface area (Å²) in [6, 6.07) is 3.67. The fraction of sp³-hybridized carbons (Fsp3) is 0.467. The second-order valence-electron chi connectivity index (χ2n) is 5.49. The first kappa shape index (κ1) is 13.4. The lowest BCUT2D eigenvalue weighted by molar-refractivity contribution is -0.0610. The molecule has 0 bridgehead atoms. The van der Waals surface area contributed by atoms with Crippen LogP contribution in [0.4, 0.5) is 0 Å². The summed E-state index contributed by atoms with van der Waals surface area (Å²) in [6.07, 6.45) is 7.51. The highest BCUT2D eigenvalue weighted by atomic mass is 16.5. The molecule has 0 aliphatic heterocycles. The van der Waals surface area contributed by atoms with Crippen molar-refractivity contribution in [3.8, 4) is 11.5 Å². The first-order chi connectivity index (χ1) is 10.8. The highest BCUT2D eigenvalue weighted by Gasteiger charge is 2.41. The molecule has 114 valence electrons. The number of rotatable bonds is 4. The Hall–Kier alpha value is -2.28. The summed E-state index contributed by atoms with van der Waals surface area (Å²) in [6.45, 7) is 2.63. The van der Waals surface area contributed by atoms with E-state index in [0.29, 0.717) is 18.3 Å². The summed E-state index contributed by atoms with van der Waals surface area (Å²) in [5.74, 6) is 1.08. The molecule has 3 aromatic rings. The highest BCUT2D eigenvalue weighted by Crippen LogP contribution is 2.41. The molecule has 3 heterocycles. The second-order valence-corrected chi connectivity index (χ2v) is 5.49. The molecule has 3 aromatic heterocycles. The van der Waals surface area contributed by atoms with Gasteiger partial charge in [-0.3, -0.25) is 0 Å². The predicted molar refractivity (Wildman–Crippen MR) is 78.1 cm³/mol. The maximum absolute atomic E-state index is 5.97. The SMILES string of the molecule is CCOC1(c2nc(-c3ccnc4ccnn34)no2)CCCC1. The average Bonchev–Trinajstić information content (AvgIpc) is 3.27. The largest absolute Gasteiger partial charge is 0.365 e. The third-order valence-corrected chi connectivity index (χ3v) is 4.17. The molecule has 1 fully saturated rings. The normalized spacial score (nSPS) is 17.3. The second kappa shape index (κ2) is 5.17. The van der Waals surface area contributed by atoms with E-state index >= 15 is 0 Å². The first-order valence-electron chi connectivity index (χ1n) is 7.60. The Morgan fingerprint density at radius 2 is 2.14 bits per heavy atom. The third-order valence-electron chi connectivity index (χ3n) is 4.17. The van der Waals surface area contributed by atoms with Crippen molar-refractivity contribution < 1.29 is 9.26 Å². The maximum atomic E-state index is 5.97. The predicted octanol–water partition coefficient (Wildman–Crippen LogP) is 2.59. The molecule has 0 N–H and O–H groups in total. The van der Waals surface area contributed by atoms with E-state index in [2.05, 4.69) is 20.2 Å². The maximum Gasteiger partial charge on any atom is 0.259 e. The van der Waals surface area contributed by atoms with E-state index in [4.69, 9.17) is 9.26 Å². The molecule has 1 aliphatic carbocycles. The van der Waals surface area contributed by atoms with Crippen LogP contribution >= 0.6 is 0 Å². The molecule has 0 saturated heterocycles. The number of nitrogens with zero attached hydrogens (tertiary/aromatic N) is 5. The van der Waals surface area contributed by atoms with E-state index in [1.807, 2.05) is 19.1 Å². The van der Waals surface area contributed by atoms with Gasteiger partial charge in [-0.15, -0.1) is 0 Å². The van der Waals surface area contributed by atoms with Gasteiger partial charge in [-0.1, -0.05) is 5.16 Å². The van der Waals surface area contributed by atoms with Crippen molar-refractivity contribution in [2.45, 2.75) is 38.2 Å². The van der Waals surface area contributed by atoms with Gasteiger partial charge in [0, 0.05) is 18.9 Å². The lowest BCUT2D eigenvalue weighted by Gasteiger charge is -2.24. The van der Waals surface area contributed by atoms with Gasteiger partial charge in [0.1, 0.15) is 11.3 Å². The lowest BCUT2D eigenvalue weighted by atomic mass is 10.0. The average molecular weight is 299 g/mol. The van der Waals surface area contributed by atoms with Crippen LogP contribution in [0, 0.1) is 0 Å². The van der Waals surface area contributed by atoms with Crippen molar-refractivity contribution in [2.24, 2.45) is 0 Å². The number of ether oxygens (including phenoxy) is 1. The van der Waals surface area contributed by atoms with Crippen molar-refractivity contribution in [1.29, 1.82) is 0 Å². The molecule has 0 spiro atoms. The van der Waals surface area contributed by atoms with Crippen molar-refractivity contribution in [3.63, 3.8) is 0 Å². The van der Waals surface area contributed by atoms with Crippen LogP contribution in [0.5, 0.6) is 0 Å². The van der Waals surface area contributed by atoms with Crippen molar-refractivity contribution in [2.75, 3.05) is 6.61 Å². The Bertz CT molecular complexity index is 788. The minimum absolute atomic E-state index is 0.420. The van der Waals surface area contributed by atoms with E-state index in [1.165, 1.54) is 0 Å². The van der Waals surface area contributed by atoms with Gasteiger partial charge in [-0.25, -0.2) is 9.50 Å². The molecule has 1 aliphatic rings. The Kier molecular flexibility index (Phi) is 3.15. The van der Waals surface area contributed by atoms with Crippen LogP contribution in [0.25, 0.3) is 17.2 Å². The smallest absolute Gasteiger partial charge is 0.259 e. The molecule has 22 heavy (non-hydrogen) atoms. The molecule has 0 unspecified atom stereocenters. The molecule has 0 amide bonds. The third kappa shape index (κ3) is 2.00. The van der Waals surface area contributed by atoms with Gasteiger partial charge in [-0.2, -0.15) is 10.1 Å². The van der Waals surface area contributed by atoms with E-state index < -0.39 is 5.60 Å². The van der Waals surface area contributed by atoms with Gasteiger partial charge < -0.3 is 9.26 Å². The topological polar surface area (TPSA) is 78.3 Å². The molecule has 0 aromatic carbocycles. The summed E-state index contributed by atoms with van der Waals surface area (Å²) in [5, 5.41) is 8.39. The quantitative estimate of drug-likeness (QED) is 0.736. The number of hydrogen-bond donors (Lipinski definition) is 0. The summed E-state index contributed by atoms with van der Waals surface area (Å²) in [7, 11) is 0. The molecule has 7 nitrogen and oxygen atoms in total. The van der Waals surface area contributed by atoms with Gasteiger partial charge in [0.15, 0.2) is 5.65 Å². The molecule has 0 radical (unpaired) electrons. The van der Waals surface area contributed by atoms with Crippen molar-refractivity contribution >= 4 is 5.65 Å². The van der Waals surface area contributed by atoms with Gasteiger partial charge in [-0.05, 0) is 38.7 Å². The fourth-order valence-electron chi connectivity index (χ4n) is 3.16. The van der Waals surface area contributed by atoms with Crippen LogP contribution in [0.2, 0.25) is 0 Å². The van der Waals surface area contributed by atoms with E-state index in [1.54, 1.807) is 16.9 Å². The number of hydrogen-bond acceptors (Lipinski definition) is 6. The molecule has 4 rings (SSSR count). The van der Waals surface area contributed by atoms with Gasteiger partial charge >= 0.3 is 0 Å². The van der Waals surface area contributed by atoms with Crippen LogP contribution < -0.4 is 0 Å². The van der Waals surface area contributed by atoms with Crippen LogP contribution in [0.1, 0.15) is 38.5 Å². The van der Waals surface area contributed by atoms with E-state index in [0.717, 1.165) is 37.0 Å². The molecule has 7 heteroatoms. The van der Waals surface area contributed by atoms with Crippen LogP contribution in [-0.2, 0) is 10.3 Å². The Labute approximate surface area is 127 Å². The summed E-state index contributed by atoms with van der Waals surface area (Å²) in [4.78, 5) is 8.84. The van der Waals surface area contributed by atoms with E-state index in [9.17, 15) is 0 Å².